The van der Waals surface area contributed by atoms with Crippen molar-refractivity contribution in [2.75, 3.05) is 16.0 Å². The summed E-state index contributed by atoms with van der Waals surface area (Å²) in [5, 5.41) is 8.79. The molecule has 2 amide bonds. The van der Waals surface area contributed by atoms with E-state index < -0.39 is 0 Å². The van der Waals surface area contributed by atoms with Gasteiger partial charge in [-0.1, -0.05) is 32.0 Å². The van der Waals surface area contributed by atoms with Crippen molar-refractivity contribution in [2.45, 2.75) is 26.7 Å². The molecule has 0 saturated heterocycles. The van der Waals surface area contributed by atoms with Gasteiger partial charge in [0.15, 0.2) is 0 Å². The van der Waals surface area contributed by atoms with Crippen molar-refractivity contribution in [3.8, 4) is 0 Å². The van der Waals surface area contributed by atoms with Crippen LogP contribution in [0.5, 0.6) is 0 Å². The summed E-state index contributed by atoms with van der Waals surface area (Å²) in [5.41, 5.74) is 3.90. The Morgan fingerprint density at radius 1 is 0.862 bits per heavy atom. The molecule has 0 unspecified atom stereocenters. The molecule has 3 N–H and O–H groups in total. The Morgan fingerprint density at radius 3 is 2.28 bits per heavy atom. The molecule has 6 nitrogen and oxygen atoms in total. The van der Waals surface area contributed by atoms with Crippen molar-refractivity contribution in [3.05, 3.63) is 78.0 Å². The van der Waals surface area contributed by atoms with E-state index in [9.17, 15) is 9.59 Å². The summed E-state index contributed by atoms with van der Waals surface area (Å²) >= 11 is 0. The Morgan fingerprint density at radius 2 is 1.59 bits per heavy atom. The number of carbonyl (C=O) groups excluding carboxylic acids is 2. The molecule has 1 heterocycles. The number of rotatable bonds is 6. The number of hydrogen-bond donors (Lipinski definition) is 3. The smallest absolute Gasteiger partial charge is 0.255 e. The first-order chi connectivity index (χ1) is 13.9. The van der Waals surface area contributed by atoms with Gasteiger partial charge in [-0.3, -0.25) is 9.59 Å². The predicted molar refractivity (Wildman–Crippen MR) is 117 cm³/mol. The first-order valence-corrected chi connectivity index (χ1v) is 9.43. The second-order valence-corrected chi connectivity index (χ2v) is 7.05. The van der Waals surface area contributed by atoms with Gasteiger partial charge in [-0.25, -0.2) is 4.98 Å². The molecule has 148 valence electrons. The summed E-state index contributed by atoms with van der Waals surface area (Å²) in [6.07, 6.45) is 1.58. The van der Waals surface area contributed by atoms with E-state index in [1.54, 1.807) is 30.5 Å². The van der Waals surface area contributed by atoms with Crippen LogP contribution in [0.25, 0.3) is 0 Å². The van der Waals surface area contributed by atoms with Gasteiger partial charge in [-0.05, 0) is 53.9 Å². The van der Waals surface area contributed by atoms with Crippen molar-refractivity contribution in [2.24, 2.45) is 0 Å². The van der Waals surface area contributed by atoms with E-state index in [-0.39, 0.29) is 11.8 Å². The standard InChI is InChI=1S/C23H24N4O2/c1-15(2)17-7-9-19(10-8-17)27-23(29)18-11-12-24-22(13-18)26-21-6-4-5-20(14-21)25-16(3)28/h4-15H,1-3H3,(H,24,26)(H,25,28)(H,27,29). The van der Waals surface area contributed by atoms with Gasteiger partial charge in [0.2, 0.25) is 5.91 Å². The molecule has 0 aliphatic heterocycles. The molecule has 6 heteroatoms. The molecule has 2 aromatic carbocycles. The van der Waals surface area contributed by atoms with Gasteiger partial charge in [-0.15, -0.1) is 0 Å². The third-order valence-corrected chi connectivity index (χ3v) is 4.31. The van der Waals surface area contributed by atoms with E-state index in [1.165, 1.54) is 12.5 Å². The zero-order valence-electron chi connectivity index (χ0n) is 16.7. The molecule has 29 heavy (non-hydrogen) atoms. The Kier molecular flexibility index (Phi) is 6.24. The van der Waals surface area contributed by atoms with Crippen LogP contribution in [0.1, 0.15) is 42.6 Å². The zero-order chi connectivity index (χ0) is 20.8. The highest BCUT2D eigenvalue weighted by molar-refractivity contribution is 6.04. The molecular formula is C23H24N4O2. The summed E-state index contributed by atoms with van der Waals surface area (Å²) in [6.45, 7) is 5.72. The minimum atomic E-state index is -0.209. The van der Waals surface area contributed by atoms with Crippen LogP contribution in [0.4, 0.5) is 22.9 Å². The van der Waals surface area contributed by atoms with Gasteiger partial charge in [0, 0.05) is 35.7 Å². The van der Waals surface area contributed by atoms with Gasteiger partial charge >= 0.3 is 0 Å². The summed E-state index contributed by atoms with van der Waals surface area (Å²) in [7, 11) is 0. The number of hydrogen-bond acceptors (Lipinski definition) is 4. The number of nitrogens with one attached hydrogen (secondary N) is 3. The second kappa shape index (κ2) is 9.01. The Bertz CT molecular complexity index is 1010. The van der Waals surface area contributed by atoms with Crippen molar-refractivity contribution < 1.29 is 9.59 Å². The van der Waals surface area contributed by atoms with Gasteiger partial charge < -0.3 is 16.0 Å². The molecule has 0 bridgehead atoms. The average Bonchev–Trinajstić information content (AvgIpc) is 2.68. The quantitative estimate of drug-likeness (QED) is 0.545. The third-order valence-electron chi connectivity index (χ3n) is 4.31. The molecule has 3 aromatic rings. The number of nitrogens with zero attached hydrogens (tertiary/aromatic N) is 1. The van der Waals surface area contributed by atoms with Crippen LogP contribution in [0, 0.1) is 0 Å². The van der Waals surface area contributed by atoms with Crippen molar-refractivity contribution in [1.29, 1.82) is 0 Å². The van der Waals surface area contributed by atoms with Crippen LogP contribution in [0.3, 0.4) is 0 Å². The Hall–Kier alpha value is -3.67. The van der Waals surface area contributed by atoms with E-state index in [4.69, 9.17) is 0 Å². The van der Waals surface area contributed by atoms with Crippen LogP contribution >= 0.6 is 0 Å². The maximum Gasteiger partial charge on any atom is 0.255 e. The van der Waals surface area contributed by atoms with Gasteiger partial charge in [0.05, 0.1) is 0 Å². The van der Waals surface area contributed by atoms with E-state index >= 15 is 0 Å². The van der Waals surface area contributed by atoms with Crippen molar-refractivity contribution in [1.82, 2.24) is 4.98 Å². The summed E-state index contributed by atoms with van der Waals surface area (Å²) < 4.78 is 0. The largest absolute Gasteiger partial charge is 0.340 e. The average molecular weight is 388 g/mol. The molecule has 1 aromatic heterocycles. The second-order valence-electron chi connectivity index (χ2n) is 7.05. The summed E-state index contributed by atoms with van der Waals surface area (Å²) in [4.78, 5) is 28.1. The number of carbonyl (C=O) groups is 2. The lowest BCUT2D eigenvalue weighted by atomic mass is 10.0. The summed E-state index contributed by atoms with van der Waals surface area (Å²) in [5.74, 6) is 0.630. The van der Waals surface area contributed by atoms with Gasteiger partial charge in [0.1, 0.15) is 5.82 Å². The molecule has 0 saturated carbocycles. The van der Waals surface area contributed by atoms with Crippen LogP contribution < -0.4 is 16.0 Å². The lowest BCUT2D eigenvalue weighted by Gasteiger charge is -2.10. The Labute approximate surface area is 170 Å². The molecule has 0 spiro atoms. The summed E-state index contributed by atoms with van der Waals surface area (Å²) in [6, 6.07) is 18.5. The lowest BCUT2D eigenvalue weighted by molar-refractivity contribution is -0.114. The molecule has 0 atom stereocenters. The first-order valence-electron chi connectivity index (χ1n) is 9.43. The topological polar surface area (TPSA) is 83.1 Å². The minimum Gasteiger partial charge on any atom is -0.340 e. The molecule has 0 radical (unpaired) electrons. The zero-order valence-corrected chi connectivity index (χ0v) is 16.7. The highest BCUT2D eigenvalue weighted by Crippen LogP contribution is 2.21. The van der Waals surface area contributed by atoms with E-state index in [0.29, 0.717) is 23.0 Å². The Balaban J connectivity index is 1.70. The van der Waals surface area contributed by atoms with Crippen LogP contribution in [-0.2, 0) is 4.79 Å². The van der Waals surface area contributed by atoms with Crippen molar-refractivity contribution in [3.63, 3.8) is 0 Å². The molecule has 0 aliphatic carbocycles. The maximum absolute atomic E-state index is 12.6. The number of anilines is 4. The van der Waals surface area contributed by atoms with E-state index in [0.717, 1.165) is 11.4 Å². The van der Waals surface area contributed by atoms with Gasteiger partial charge in [-0.2, -0.15) is 0 Å². The number of pyridine rings is 1. The molecule has 0 aliphatic rings. The number of aromatic nitrogens is 1. The van der Waals surface area contributed by atoms with Crippen molar-refractivity contribution >= 4 is 34.7 Å². The van der Waals surface area contributed by atoms with Crippen LogP contribution in [-0.4, -0.2) is 16.8 Å². The van der Waals surface area contributed by atoms with E-state index in [1.807, 2.05) is 36.4 Å². The van der Waals surface area contributed by atoms with Gasteiger partial charge in [0.25, 0.3) is 5.91 Å². The number of benzene rings is 2. The highest BCUT2D eigenvalue weighted by atomic mass is 16.2. The maximum atomic E-state index is 12.6. The SMILES string of the molecule is CC(=O)Nc1cccc(Nc2cc(C(=O)Nc3ccc(C(C)C)cc3)ccn2)c1. The first kappa shape index (κ1) is 20.1. The molecule has 3 rings (SSSR count). The fourth-order valence-electron chi connectivity index (χ4n) is 2.82. The highest BCUT2D eigenvalue weighted by Gasteiger charge is 2.09. The number of amides is 2. The minimum absolute atomic E-state index is 0.139. The fraction of sp³-hybridized carbons (Fsp3) is 0.174. The van der Waals surface area contributed by atoms with E-state index in [2.05, 4.69) is 34.8 Å². The molecule has 0 fully saturated rings. The van der Waals surface area contributed by atoms with Crippen LogP contribution in [0.2, 0.25) is 0 Å². The monoisotopic (exact) mass is 388 g/mol. The fourth-order valence-corrected chi connectivity index (χ4v) is 2.82. The predicted octanol–water partition coefficient (Wildman–Crippen LogP) is 5.16. The lowest BCUT2D eigenvalue weighted by Crippen LogP contribution is -2.12. The normalized spacial score (nSPS) is 10.5. The third kappa shape index (κ3) is 5.65. The van der Waals surface area contributed by atoms with Crippen LogP contribution in [0.15, 0.2) is 66.9 Å². The molecular weight excluding hydrogens is 364 g/mol.